The third-order valence-electron chi connectivity index (χ3n) is 4.34. The molecule has 0 bridgehead atoms. The molecule has 2 N–H and O–H groups in total. The van der Waals surface area contributed by atoms with Gasteiger partial charge in [0.1, 0.15) is 0 Å². The minimum atomic E-state index is -0.0652. The van der Waals surface area contributed by atoms with Gasteiger partial charge in [-0.25, -0.2) is 0 Å². The SMILES string of the molecule is CCCCC(CC)COC(=O)CCNCCN1CCNCC1. The molecule has 1 aliphatic rings. The largest absolute Gasteiger partial charge is 0.465 e. The number of unbranched alkanes of at least 4 members (excludes halogenated alkanes) is 1. The lowest BCUT2D eigenvalue weighted by molar-refractivity contribution is -0.145. The second-order valence-corrected chi connectivity index (χ2v) is 6.19. The fourth-order valence-corrected chi connectivity index (χ4v) is 2.67. The molecular formula is C17H35N3O2. The fourth-order valence-electron chi connectivity index (χ4n) is 2.67. The Morgan fingerprint density at radius 3 is 2.73 bits per heavy atom. The van der Waals surface area contributed by atoms with E-state index in [0.717, 1.165) is 52.2 Å². The van der Waals surface area contributed by atoms with Crippen molar-refractivity contribution in [1.82, 2.24) is 15.5 Å². The zero-order valence-corrected chi connectivity index (χ0v) is 14.5. The smallest absolute Gasteiger partial charge is 0.307 e. The van der Waals surface area contributed by atoms with Gasteiger partial charge in [-0.2, -0.15) is 0 Å². The van der Waals surface area contributed by atoms with Gasteiger partial charge in [0.2, 0.25) is 0 Å². The van der Waals surface area contributed by atoms with Crippen molar-refractivity contribution in [3.8, 4) is 0 Å². The molecule has 0 aliphatic carbocycles. The van der Waals surface area contributed by atoms with Crippen LogP contribution in [0.25, 0.3) is 0 Å². The van der Waals surface area contributed by atoms with Crippen molar-refractivity contribution in [3.05, 3.63) is 0 Å². The first-order valence-electron chi connectivity index (χ1n) is 9.05. The van der Waals surface area contributed by atoms with Crippen LogP contribution >= 0.6 is 0 Å². The predicted molar refractivity (Wildman–Crippen MR) is 91.1 cm³/mol. The Morgan fingerprint density at radius 2 is 2.05 bits per heavy atom. The topological polar surface area (TPSA) is 53.6 Å². The van der Waals surface area contributed by atoms with Crippen LogP contribution in [-0.4, -0.2) is 63.3 Å². The van der Waals surface area contributed by atoms with Gasteiger partial charge in [0.25, 0.3) is 0 Å². The summed E-state index contributed by atoms with van der Waals surface area (Å²) in [5, 5.41) is 6.69. The number of esters is 1. The van der Waals surface area contributed by atoms with E-state index in [1.807, 2.05) is 0 Å². The molecule has 1 saturated heterocycles. The highest BCUT2D eigenvalue weighted by atomic mass is 16.5. The number of rotatable bonds is 12. The van der Waals surface area contributed by atoms with Crippen molar-refractivity contribution >= 4 is 5.97 Å². The normalized spacial score (nSPS) is 17.4. The summed E-state index contributed by atoms with van der Waals surface area (Å²) >= 11 is 0. The molecule has 0 aromatic carbocycles. The molecule has 1 heterocycles. The van der Waals surface area contributed by atoms with E-state index in [2.05, 4.69) is 29.4 Å². The highest BCUT2D eigenvalue weighted by Gasteiger charge is 2.10. The highest BCUT2D eigenvalue weighted by molar-refractivity contribution is 5.69. The van der Waals surface area contributed by atoms with Crippen LogP contribution in [0.3, 0.4) is 0 Å². The Hall–Kier alpha value is -0.650. The Labute approximate surface area is 136 Å². The number of piperazine rings is 1. The number of hydrogen-bond acceptors (Lipinski definition) is 5. The van der Waals surface area contributed by atoms with Crippen LogP contribution in [0.5, 0.6) is 0 Å². The van der Waals surface area contributed by atoms with Crippen molar-refractivity contribution < 1.29 is 9.53 Å². The van der Waals surface area contributed by atoms with Gasteiger partial charge in [0.05, 0.1) is 13.0 Å². The first-order valence-corrected chi connectivity index (χ1v) is 9.05. The second-order valence-electron chi connectivity index (χ2n) is 6.19. The Kier molecular flexibility index (Phi) is 11.3. The van der Waals surface area contributed by atoms with E-state index in [1.165, 1.54) is 19.3 Å². The summed E-state index contributed by atoms with van der Waals surface area (Å²) in [6.07, 6.45) is 5.18. The van der Waals surface area contributed by atoms with Crippen LogP contribution in [0.15, 0.2) is 0 Å². The molecule has 0 spiro atoms. The minimum absolute atomic E-state index is 0.0652. The van der Waals surface area contributed by atoms with Crippen molar-refractivity contribution in [3.63, 3.8) is 0 Å². The van der Waals surface area contributed by atoms with Gasteiger partial charge in [-0.05, 0) is 12.3 Å². The van der Waals surface area contributed by atoms with Crippen molar-refractivity contribution in [2.24, 2.45) is 5.92 Å². The van der Waals surface area contributed by atoms with Gasteiger partial charge in [-0.15, -0.1) is 0 Å². The highest BCUT2D eigenvalue weighted by Crippen LogP contribution is 2.12. The molecule has 1 atom stereocenters. The summed E-state index contributed by atoms with van der Waals surface area (Å²) in [6, 6.07) is 0. The maximum absolute atomic E-state index is 11.7. The standard InChI is InChI=1S/C17H35N3O2/c1-3-5-6-16(4-2)15-22-17(21)7-8-18-9-12-20-13-10-19-11-14-20/h16,18-19H,3-15H2,1-2H3. The van der Waals surface area contributed by atoms with E-state index in [9.17, 15) is 4.79 Å². The van der Waals surface area contributed by atoms with Crippen LogP contribution in [0.2, 0.25) is 0 Å². The predicted octanol–water partition coefficient (Wildman–Crippen LogP) is 1.63. The summed E-state index contributed by atoms with van der Waals surface area (Å²) in [5.74, 6) is 0.467. The summed E-state index contributed by atoms with van der Waals surface area (Å²) < 4.78 is 5.39. The zero-order valence-electron chi connectivity index (χ0n) is 14.5. The van der Waals surface area contributed by atoms with Gasteiger partial charge in [-0.3, -0.25) is 9.69 Å². The van der Waals surface area contributed by atoms with E-state index >= 15 is 0 Å². The fraction of sp³-hybridized carbons (Fsp3) is 0.941. The quantitative estimate of drug-likeness (QED) is 0.424. The lowest BCUT2D eigenvalue weighted by Crippen LogP contribution is -2.45. The molecule has 22 heavy (non-hydrogen) atoms. The van der Waals surface area contributed by atoms with E-state index < -0.39 is 0 Å². The molecule has 0 aromatic heterocycles. The van der Waals surface area contributed by atoms with E-state index in [1.54, 1.807) is 0 Å². The van der Waals surface area contributed by atoms with Gasteiger partial charge < -0.3 is 15.4 Å². The molecule has 130 valence electrons. The molecule has 0 saturated carbocycles. The minimum Gasteiger partial charge on any atom is -0.465 e. The first-order chi connectivity index (χ1) is 10.8. The second kappa shape index (κ2) is 12.9. The van der Waals surface area contributed by atoms with Gasteiger partial charge in [-0.1, -0.05) is 33.1 Å². The van der Waals surface area contributed by atoms with Crippen LogP contribution in [0.4, 0.5) is 0 Å². The Balaban J connectivity index is 1.96. The molecule has 5 heteroatoms. The first kappa shape index (κ1) is 19.4. The molecule has 5 nitrogen and oxygen atoms in total. The molecule has 1 rings (SSSR count). The summed E-state index contributed by atoms with van der Waals surface area (Å²) in [4.78, 5) is 14.2. The molecule has 0 radical (unpaired) electrons. The van der Waals surface area contributed by atoms with E-state index in [-0.39, 0.29) is 5.97 Å². The number of nitrogens with one attached hydrogen (secondary N) is 2. The van der Waals surface area contributed by atoms with Gasteiger partial charge in [0, 0.05) is 45.8 Å². The lowest BCUT2D eigenvalue weighted by Gasteiger charge is -2.27. The maximum Gasteiger partial charge on any atom is 0.307 e. The van der Waals surface area contributed by atoms with Crippen LogP contribution in [-0.2, 0) is 9.53 Å². The zero-order chi connectivity index (χ0) is 16.0. The van der Waals surface area contributed by atoms with E-state index in [4.69, 9.17) is 4.74 Å². The number of ether oxygens (including phenoxy) is 1. The average molecular weight is 313 g/mol. The summed E-state index contributed by atoms with van der Waals surface area (Å²) in [5.41, 5.74) is 0. The number of nitrogens with zero attached hydrogens (tertiary/aromatic N) is 1. The molecule has 1 aliphatic heterocycles. The lowest BCUT2D eigenvalue weighted by atomic mass is 10.0. The van der Waals surface area contributed by atoms with Crippen LogP contribution in [0, 0.1) is 5.92 Å². The van der Waals surface area contributed by atoms with Crippen molar-refractivity contribution in [2.45, 2.75) is 46.0 Å². The summed E-state index contributed by atoms with van der Waals surface area (Å²) in [7, 11) is 0. The third-order valence-corrected chi connectivity index (χ3v) is 4.34. The Bertz CT molecular complexity index is 281. The maximum atomic E-state index is 11.7. The number of hydrogen-bond donors (Lipinski definition) is 2. The van der Waals surface area contributed by atoms with Crippen molar-refractivity contribution in [1.29, 1.82) is 0 Å². The number of carbonyl (C=O) groups excluding carboxylic acids is 1. The molecule has 1 fully saturated rings. The molecule has 0 aromatic rings. The average Bonchev–Trinajstić information content (AvgIpc) is 2.55. The molecular weight excluding hydrogens is 278 g/mol. The molecule has 0 amide bonds. The number of carbonyl (C=O) groups is 1. The van der Waals surface area contributed by atoms with Gasteiger partial charge >= 0.3 is 5.97 Å². The molecule has 1 unspecified atom stereocenters. The van der Waals surface area contributed by atoms with Crippen LogP contribution in [0.1, 0.15) is 46.0 Å². The van der Waals surface area contributed by atoms with Crippen molar-refractivity contribution in [2.75, 3.05) is 52.4 Å². The third kappa shape index (κ3) is 9.38. The monoisotopic (exact) mass is 313 g/mol. The van der Waals surface area contributed by atoms with Crippen LogP contribution < -0.4 is 10.6 Å². The van der Waals surface area contributed by atoms with E-state index in [0.29, 0.717) is 18.9 Å². The summed E-state index contributed by atoms with van der Waals surface area (Å²) in [6.45, 7) is 12.1. The Morgan fingerprint density at radius 1 is 1.27 bits per heavy atom. The van der Waals surface area contributed by atoms with Gasteiger partial charge in [0.15, 0.2) is 0 Å².